The number of aromatic nitrogens is 10. The second-order valence-corrected chi connectivity index (χ2v) is 25.7. The number of fused-ring (bicyclic) bond motifs is 12. The van der Waals surface area contributed by atoms with E-state index in [4.69, 9.17) is 29.9 Å². The van der Waals surface area contributed by atoms with E-state index < -0.39 is 0 Å². The maximum absolute atomic E-state index is 6.01. The Kier molecular flexibility index (Phi) is 12.9. The molecule has 0 aliphatic rings. The molecule has 0 aliphatic carbocycles. The van der Waals surface area contributed by atoms with Crippen LogP contribution in [0.15, 0.2) is 291 Å². The third-order valence-electron chi connectivity index (χ3n) is 19.4. The van der Waals surface area contributed by atoms with Crippen molar-refractivity contribution >= 4 is 87.2 Å². The average Bonchev–Trinajstić information content (AvgIpc) is 1.43. The molecule has 0 N–H and O–H groups in total. The van der Waals surface area contributed by atoms with E-state index >= 15 is 0 Å². The van der Waals surface area contributed by atoms with Crippen molar-refractivity contribution < 1.29 is 0 Å². The second kappa shape index (κ2) is 22.4. The van der Waals surface area contributed by atoms with Crippen molar-refractivity contribution in [1.29, 1.82) is 0 Å². The van der Waals surface area contributed by atoms with Gasteiger partial charge >= 0.3 is 0 Å². The van der Waals surface area contributed by atoms with Gasteiger partial charge in [0.25, 0.3) is 0 Å². The Hall–Kier alpha value is -12.9. The average molecular weight is 1260 g/mol. The highest BCUT2D eigenvalue weighted by atomic mass is 15.2. The van der Waals surface area contributed by atoms with Crippen LogP contribution in [-0.2, 0) is 0 Å². The van der Waals surface area contributed by atoms with Crippen molar-refractivity contribution in [3.05, 3.63) is 313 Å². The van der Waals surface area contributed by atoms with E-state index in [1.165, 1.54) is 0 Å². The first-order valence-electron chi connectivity index (χ1n) is 33.3. The van der Waals surface area contributed by atoms with Crippen molar-refractivity contribution in [2.24, 2.45) is 0 Å². The summed E-state index contributed by atoms with van der Waals surface area (Å²) in [5, 5.41) is 8.71. The minimum Gasteiger partial charge on any atom is -0.306 e. The number of hydrogen-bond acceptors (Lipinski definition) is 6. The molecule has 13 aromatic carbocycles. The van der Waals surface area contributed by atoms with E-state index in [-0.39, 0.29) is 0 Å². The van der Waals surface area contributed by atoms with Crippen LogP contribution in [0, 0.1) is 27.7 Å². The van der Waals surface area contributed by atoms with Crippen LogP contribution in [0.4, 0.5) is 0 Å². The predicted molar refractivity (Wildman–Crippen MR) is 402 cm³/mol. The minimum atomic E-state index is 0.450. The first-order chi connectivity index (χ1) is 48.3. The summed E-state index contributed by atoms with van der Waals surface area (Å²) in [5.74, 6) is 2.98. The van der Waals surface area contributed by atoms with Gasteiger partial charge in [-0.1, -0.05) is 241 Å². The summed E-state index contributed by atoms with van der Waals surface area (Å²) in [6.45, 7) is 8.75. The van der Waals surface area contributed by atoms with Crippen LogP contribution in [0.25, 0.3) is 178 Å². The van der Waals surface area contributed by atoms with Crippen LogP contribution >= 0.6 is 0 Å². The number of hydrogen-bond donors (Lipinski definition) is 0. The highest BCUT2D eigenvalue weighted by molar-refractivity contribution is 6.18. The molecular formula is C88H60N10. The summed E-state index contributed by atoms with van der Waals surface area (Å²) >= 11 is 0. The molecule has 0 atom stereocenters. The van der Waals surface area contributed by atoms with Gasteiger partial charge < -0.3 is 18.3 Å². The molecule has 0 unspecified atom stereocenters. The predicted octanol–water partition coefficient (Wildman–Crippen LogP) is 21.7. The number of nitrogens with zero attached hydrogens (tertiary/aromatic N) is 10. The summed E-state index contributed by atoms with van der Waals surface area (Å²) in [4.78, 5) is 35.0. The molecule has 0 fully saturated rings. The maximum atomic E-state index is 6.01. The highest BCUT2D eigenvalue weighted by Gasteiger charge is 2.38. The molecule has 0 amide bonds. The SMILES string of the molecule is Cc1ccc2c(c1)c1cc(C)ccc1n2-c1c(-c2nc(-c3ccccc3)nc(-c3ccccc3)n2)c(-n2c3ccc(C)cc3c3cc(C)ccc32)c(-n2c3ccccc3c3ccccc32)c(-c2nc(-c3ccccc3)nc(-c3ccccc3)n2)c1-n1c2ccccc2c2ccccc21. The van der Waals surface area contributed by atoms with Gasteiger partial charge in [-0.15, -0.1) is 0 Å². The topological polar surface area (TPSA) is 97.1 Å². The Morgan fingerprint density at radius 3 is 0.612 bits per heavy atom. The fraction of sp³-hybridized carbons (Fsp3) is 0.0455. The number of rotatable bonds is 10. The molecule has 0 saturated heterocycles. The quantitative estimate of drug-likeness (QED) is 0.135. The van der Waals surface area contributed by atoms with Crippen LogP contribution < -0.4 is 0 Å². The summed E-state index contributed by atoms with van der Waals surface area (Å²) in [6.07, 6.45) is 0. The third-order valence-corrected chi connectivity index (χ3v) is 19.4. The Morgan fingerprint density at radius 1 is 0.184 bits per heavy atom. The van der Waals surface area contributed by atoms with E-state index in [1.54, 1.807) is 0 Å². The number of aryl methyl sites for hydroxylation is 4. The summed E-state index contributed by atoms with van der Waals surface area (Å²) in [7, 11) is 0. The zero-order valence-electron chi connectivity index (χ0n) is 54.2. The summed E-state index contributed by atoms with van der Waals surface area (Å²) < 4.78 is 10.00. The standard InChI is InChI=1S/C88H60N10/c1-53-41-45-73-65(49-53)66-50-54(2)42-46-74(66)97(73)81-78(88-93-85(59-29-13-7-14-30-59)90-86(94-88)60-31-15-8-16-32-60)82(98-75-47-43-55(3)51-67(75)68-52-56(4)44-48-76(68)98)80(96-71-39-23-19-35-63(71)64-36-20-24-40-72(64)96)77(79(81)95-69-37-21-17-33-61(69)62-34-18-22-38-70(62)95)87-91-83(57-25-9-5-10-26-57)89-84(92-87)58-27-11-6-12-28-58/h5-52H,1-4H3. The molecule has 10 nitrogen and oxygen atoms in total. The van der Waals surface area contributed by atoms with Gasteiger partial charge in [-0.05, 0) is 100 Å². The normalized spacial score (nSPS) is 11.9. The third kappa shape index (κ3) is 8.88. The molecule has 19 aromatic rings. The van der Waals surface area contributed by atoms with Gasteiger partial charge in [0.05, 0.1) is 78.0 Å². The summed E-state index contributed by atoms with van der Waals surface area (Å²) in [5.41, 5.74) is 20.4. The van der Waals surface area contributed by atoms with E-state index in [0.29, 0.717) is 34.9 Å². The first-order valence-corrected chi connectivity index (χ1v) is 33.3. The van der Waals surface area contributed by atoms with Crippen molar-refractivity contribution in [1.82, 2.24) is 48.2 Å². The van der Waals surface area contributed by atoms with Crippen LogP contribution in [0.3, 0.4) is 0 Å². The highest BCUT2D eigenvalue weighted by Crippen LogP contribution is 2.54. The van der Waals surface area contributed by atoms with Crippen molar-refractivity contribution in [2.75, 3.05) is 0 Å². The van der Waals surface area contributed by atoms with Gasteiger partial charge in [-0.25, -0.2) is 29.9 Å². The van der Waals surface area contributed by atoms with E-state index in [0.717, 1.165) is 166 Å². The lowest BCUT2D eigenvalue weighted by molar-refractivity contribution is 1.01. The molecule has 6 heterocycles. The molecule has 0 bridgehead atoms. The number of para-hydroxylation sites is 4. The lowest BCUT2D eigenvalue weighted by Gasteiger charge is -2.30. The molecule has 0 saturated carbocycles. The molecule has 0 aliphatic heterocycles. The molecule has 19 rings (SSSR count). The lowest BCUT2D eigenvalue weighted by atomic mass is 9.95. The van der Waals surface area contributed by atoms with E-state index in [9.17, 15) is 0 Å². The molecular weight excluding hydrogens is 1200 g/mol. The molecule has 6 aromatic heterocycles. The monoisotopic (exact) mass is 1260 g/mol. The van der Waals surface area contributed by atoms with Gasteiger partial charge in [0.1, 0.15) is 0 Å². The molecule has 0 radical (unpaired) electrons. The Morgan fingerprint density at radius 2 is 0.378 bits per heavy atom. The largest absolute Gasteiger partial charge is 0.306 e. The van der Waals surface area contributed by atoms with Gasteiger partial charge in [0, 0.05) is 65.3 Å². The summed E-state index contributed by atoms with van der Waals surface area (Å²) in [6, 6.07) is 104. The van der Waals surface area contributed by atoms with E-state index in [2.05, 4.69) is 313 Å². The van der Waals surface area contributed by atoms with Gasteiger partial charge in [0.2, 0.25) is 0 Å². The van der Waals surface area contributed by atoms with Crippen LogP contribution in [0.1, 0.15) is 22.3 Å². The molecule has 0 spiro atoms. The Labute approximate surface area is 564 Å². The zero-order valence-corrected chi connectivity index (χ0v) is 54.2. The van der Waals surface area contributed by atoms with Crippen LogP contribution in [-0.4, -0.2) is 48.2 Å². The lowest BCUT2D eigenvalue weighted by Crippen LogP contribution is -2.18. The smallest absolute Gasteiger partial charge is 0.168 e. The second-order valence-electron chi connectivity index (χ2n) is 25.7. The Bertz CT molecular complexity index is 5850. The van der Waals surface area contributed by atoms with Crippen molar-refractivity contribution in [2.45, 2.75) is 27.7 Å². The molecule has 10 heteroatoms. The van der Waals surface area contributed by atoms with Crippen LogP contribution in [0.2, 0.25) is 0 Å². The fourth-order valence-corrected chi connectivity index (χ4v) is 15.1. The maximum Gasteiger partial charge on any atom is 0.168 e. The fourth-order valence-electron chi connectivity index (χ4n) is 15.1. The van der Waals surface area contributed by atoms with E-state index in [1.807, 2.05) is 24.3 Å². The van der Waals surface area contributed by atoms with Gasteiger partial charge in [-0.3, -0.25) is 0 Å². The van der Waals surface area contributed by atoms with Gasteiger partial charge in [-0.2, -0.15) is 0 Å². The van der Waals surface area contributed by atoms with Crippen LogP contribution in [0.5, 0.6) is 0 Å². The number of benzene rings is 13. The Balaban J connectivity index is 1.20. The first kappa shape index (κ1) is 56.6. The van der Waals surface area contributed by atoms with Gasteiger partial charge in [0.15, 0.2) is 34.9 Å². The molecule has 462 valence electrons. The molecule has 98 heavy (non-hydrogen) atoms. The minimum absolute atomic E-state index is 0.450. The zero-order chi connectivity index (χ0) is 65.3. The van der Waals surface area contributed by atoms with Crippen molar-refractivity contribution in [3.63, 3.8) is 0 Å². The van der Waals surface area contributed by atoms with Crippen molar-refractivity contribution in [3.8, 4) is 91.1 Å².